The van der Waals surface area contributed by atoms with Crippen LogP contribution in [0.1, 0.15) is 41.7 Å². The van der Waals surface area contributed by atoms with E-state index in [0.29, 0.717) is 23.7 Å². The van der Waals surface area contributed by atoms with Gasteiger partial charge in [0.15, 0.2) is 0 Å². The minimum atomic E-state index is -0.167. The number of aryl methyl sites for hydroxylation is 1. The predicted molar refractivity (Wildman–Crippen MR) is 76.8 cm³/mol. The molecule has 0 aromatic carbocycles. The lowest BCUT2D eigenvalue weighted by atomic mass is 9.87. The van der Waals surface area contributed by atoms with Crippen LogP contribution in [0.15, 0.2) is 16.8 Å². The van der Waals surface area contributed by atoms with E-state index in [2.05, 4.69) is 15.5 Å². The van der Waals surface area contributed by atoms with Gasteiger partial charge in [0.25, 0.3) is 11.6 Å². The van der Waals surface area contributed by atoms with E-state index in [1.165, 1.54) is 6.20 Å². The number of carbonyl (C=O) groups excluding carboxylic acids is 1. The Balaban J connectivity index is 1.62. The zero-order valence-electron chi connectivity index (χ0n) is 12.0. The number of carbonyl (C=O) groups is 1. The Morgan fingerprint density at radius 1 is 1.43 bits per heavy atom. The second kappa shape index (κ2) is 5.81. The number of amides is 1. The highest BCUT2D eigenvalue weighted by atomic mass is 16.5. The van der Waals surface area contributed by atoms with Crippen molar-refractivity contribution in [1.82, 2.24) is 15.5 Å². The molecule has 6 nitrogen and oxygen atoms in total. The Hall–Kier alpha value is -1.95. The highest BCUT2D eigenvalue weighted by Crippen LogP contribution is 2.23. The number of aliphatic hydroxyl groups excluding tert-OH is 1. The van der Waals surface area contributed by atoms with Crippen molar-refractivity contribution in [2.24, 2.45) is 5.92 Å². The van der Waals surface area contributed by atoms with Gasteiger partial charge in [-0.1, -0.05) is 5.16 Å². The largest absolute Gasteiger partial charge is 0.393 e. The van der Waals surface area contributed by atoms with Crippen LogP contribution in [0.2, 0.25) is 0 Å². The first-order valence-electron chi connectivity index (χ1n) is 7.32. The van der Waals surface area contributed by atoms with E-state index < -0.39 is 0 Å². The molecule has 1 amide bonds. The number of aromatic nitrogens is 2. The van der Waals surface area contributed by atoms with Crippen LogP contribution < -0.4 is 5.32 Å². The van der Waals surface area contributed by atoms with Gasteiger partial charge in [0.05, 0.1) is 22.7 Å². The maximum absolute atomic E-state index is 12.2. The molecule has 0 spiro atoms. The van der Waals surface area contributed by atoms with Gasteiger partial charge >= 0.3 is 0 Å². The van der Waals surface area contributed by atoms with Gasteiger partial charge < -0.3 is 14.9 Å². The van der Waals surface area contributed by atoms with Crippen molar-refractivity contribution in [2.75, 3.05) is 6.54 Å². The molecular weight excluding hydrogens is 270 g/mol. The molecule has 2 heterocycles. The molecule has 2 aromatic heterocycles. The third kappa shape index (κ3) is 3.05. The predicted octanol–water partition coefficient (Wildman–Crippen LogP) is 1.81. The highest BCUT2D eigenvalue weighted by molar-refractivity contribution is 5.96. The van der Waals surface area contributed by atoms with E-state index in [4.69, 9.17) is 4.52 Å². The maximum Gasteiger partial charge on any atom is 0.257 e. The van der Waals surface area contributed by atoms with E-state index in [-0.39, 0.29) is 12.0 Å². The average Bonchev–Trinajstić information content (AvgIpc) is 2.87. The maximum atomic E-state index is 12.2. The second-order valence-corrected chi connectivity index (χ2v) is 5.73. The average molecular weight is 289 g/mol. The van der Waals surface area contributed by atoms with Crippen LogP contribution in [-0.2, 0) is 0 Å². The quantitative estimate of drug-likeness (QED) is 0.899. The molecule has 2 N–H and O–H groups in total. The SMILES string of the molecule is Cc1noc2ncc(C(=O)NCC3CCC(O)CC3)cc12. The first kappa shape index (κ1) is 14.0. The normalized spacial score (nSPS) is 22.4. The summed E-state index contributed by atoms with van der Waals surface area (Å²) in [5, 5.41) is 17.0. The number of fused-ring (bicyclic) bond motifs is 1. The van der Waals surface area contributed by atoms with Gasteiger partial charge in [0.1, 0.15) is 0 Å². The highest BCUT2D eigenvalue weighted by Gasteiger charge is 2.20. The zero-order chi connectivity index (χ0) is 14.8. The standard InChI is InChI=1S/C15H19N3O3/c1-9-13-6-11(8-17-15(13)21-18-9)14(20)16-7-10-2-4-12(19)5-3-10/h6,8,10,12,19H,2-5,7H2,1H3,(H,16,20). The number of nitrogens with zero attached hydrogens (tertiary/aromatic N) is 2. The van der Waals surface area contributed by atoms with Crippen molar-refractivity contribution >= 4 is 17.0 Å². The number of rotatable bonds is 3. The first-order chi connectivity index (χ1) is 10.1. The molecule has 0 saturated heterocycles. The smallest absolute Gasteiger partial charge is 0.257 e. The summed E-state index contributed by atoms with van der Waals surface area (Å²) in [7, 11) is 0. The van der Waals surface area contributed by atoms with E-state index in [1.807, 2.05) is 6.92 Å². The topological polar surface area (TPSA) is 88.2 Å². The zero-order valence-corrected chi connectivity index (χ0v) is 12.0. The minimum Gasteiger partial charge on any atom is -0.393 e. The third-order valence-corrected chi connectivity index (χ3v) is 4.14. The Morgan fingerprint density at radius 3 is 2.95 bits per heavy atom. The summed E-state index contributed by atoms with van der Waals surface area (Å²) in [4.78, 5) is 16.3. The van der Waals surface area contributed by atoms with Crippen LogP contribution in [0.4, 0.5) is 0 Å². The van der Waals surface area contributed by atoms with Crippen molar-refractivity contribution in [3.8, 4) is 0 Å². The van der Waals surface area contributed by atoms with E-state index >= 15 is 0 Å². The Bertz CT molecular complexity index is 645. The van der Waals surface area contributed by atoms with Crippen LogP contribution in [0.5, 0.6) is 0 Å². The molecule has 0 bridgehead atoms. The molecule has 0 unspecified atom stereocenters. The van der Waals surface area contributed by atoms with Gasteiger partial charge in [-0.3, -0.25) is 4.79 Å². The molecule has 0 aliphatic heterocycles. The van der Waals surface area contributed by atoms with Gasteiger partial charge in [-0.2, -0.15) is 0 Å². The van der Waals surface area contributed by atoms with Crippen molar-refractivity contribution in [1.29, 1.82) is 0 Å². The Labute approximate surface area is 122 Å². The molecule has 1 fully saturated rings. The Morgan fingerprint density at radius 2 is 2.19 bits per heavy atom. The van der Waals surface area contributed by atoms with Gasteiger partial charge in [-0.05, 0) is 44.6 Å². The van der Waals surface area contributed by atoms with E-state index in [1.54, 1.807) is 6.07 Å². The summed E-state index contributed by atoms with van der Waals surface area (Å²) in [6.45, 7) is 2.47. The molecule has 6 heteroatoms. The summed E-state index contributed by atoms with van der Waals surface area (Å²) < 4.78 is 5.03. The number of pyridine rings is 1. The molecule has 21 heavy (non-hydrogen) atoms. The number of hydrogen-bond acceptors (Lipinski definition) is 5. The monoisotopic (exact) mass is 289 g/mol. The molecule has 112 valence electrons. The molecule has 0 atom stereocenters. The number of hydrogen-bond donors (Lipinski definition) is 2. The molecule has 1 aliphatic carbocycles. The summed E-state index contributed by atoms with van der Waals surface area (Å²) in [6.07, 6.45) is 4.92. The van der Waals surface area contributed by atoms with E-state index in [0.717, 1.165) is 36.8 Å². The lowest BCUT2D eigenvalue weighted by molar-refractivity contribution is 0.0910. The summed E-state index contributed by atoms with van der Waals surface area (Å²) in [5.74, 6) is 0.322. The number of nitrogens with one attached hydrogen (secondary N) is 1. The van der Waals surface area contributed by atoms with Crippen molar-refractivity contribution in [2.45, 2.75) is 38.7 Å². The van der Waals surface area contributed by atoms with Crippen LogP contribution in [0, 0.1) is 12.8 Å². The summed E-state index contributed by atoms with van der Waals surface area (Å²) in [6, 6.07) is 1.76. The van der Waals surface area contributed by atoms with Crippen LogP contribution in [0.25, 0.3) is 11.1 Å². The molecule has 1 aliphatic rings. The van der Waals surface area contributed by atoms with Crippen LogP contribution >= 0.6 is 0 Å². The number of aliphatic hydroxyl groups is 1. The van der Waals surface area contributed by atoms with Crippen LogP contribution in [-0.4, -0.2) is 33.8 Å². The fraction of sp³-hybridized carbons (Fsp3) is 0.533. The van der Waals surface area contributed by atoms with Gasteiger partial charge in [-0.15, -0.1) is 0 Å². The molecule has 0 radical (unpaired) electrons. The molecular formula is C15H19N3O3. The van der Waals surface area contributed by atoms with Crippen molar-refractivity contribution in [3.63, 3.8) is 0 Å². The lowest BCUT2D eigenvalue weighted by Gasteiger charge is -2.25. The van der Waals surface area contributed by atoms with Gasteiger partial charge in [-0.25, -0.2) is 4.98 Å². The van der Waals surface area contributed by atoms with Crippen molar-refractivity contribution in [3.05, 3.63) is 23.5 Å². The second-order valence-electron chi connectivity index (χ2n) is 5.73. The van der Waals surface area contributed by atoms with Crippen LogP contribution in [0.3, 0.4) is 0 Å². The summed E-state index contributed by atoms with van der Waals surface area (Å²) in [5.41, 5.74) is 1.70. The molecule has 2 aromatic rings. The summed E-state index contributed by atoms with van der Waals surface area (Å²) >= 11 is 0. The fourth-order valence-corrected chi connectivity index (χ4v) is 2.76. The molecule has 1 saturated carbocycles. The van der Waals surface area contributed by atoms with E-state index in [9.17, 15) is 9.90 Å². The Kier molecular flexibility index (Phi) is 3.88. The third-order valence-electron chi connectivity index (χ3n) is 4.14. The fourth-order valence-electron chi connectivity index (χ4n) is 2.76. The van der Waals surface area contributed by atoms with Gasteiger partial charge in [0, 0.05) is 12.7 Å². The van der Waals surface area contributed by atoms with Gasteiger partial charge in [0.2, 0.25) is 0 Å². The molecule has 3 rings (SSSR count). The van der Waals surface area contributed by atoms with Crippen molar-refractivity contribution < 1.29 is 14.4 Å². The minimum absolute atomic E-state index is 0.129. The lowest BCUT2D eigenvalue weighted by Crippen LogP contribution is -2.32. The first-order valence-corrected chi connectivity index (χ1v) is 7.32.